The maximum absolute atomic E-state index is 15.1. The number of imide groups is 2. The molecule has 52 heavy (non-hydrogen) atoms. The number of carbonyl (C=O) groups is 4. The molecule has 0 spiro atoms. The van der Waals surface area contributed by atoms with Gasteiger partial charge in [0.15, 0.2) is 0 Å². The van der Waals surface area contributed by atoms with Crippen molar-refractivity contribution in [2.24, 2.45) is 0 Å². The van der Waals surface area contributed by atoms with Crippen molar-refractivity contribution in [1.82, 2.24) is 4.90 Å². The molecule has 2 aliphatic rings. The number of anilines is 1. The fourth-order valence-corrected chi connectivity index (χ4v) is 7.16. The van der Waals surface area contributed by atoms with Crippen LogP contribution in [0.15, 0.2) is 84.9 Å². The number of benzene rings is 4. The van der Waals surface area contributed by atoms with Crippen molar-refractivity contribution >= 4 is 74.5 Å². The first-order valence-electron chi connectivity index (χ1n) is 15.4. The normalized spacial score (nSPS) is 15.4. The van der Waals surface area contributed by atoms with E-state index < -0.39 is 72.8 Å². The van der Waals surface area contributed by atoms with Gasteiger partial charge in [0.1, 0.15) is 11.5 Å². The third kappa shape index (κ3) is 6.06. The fraction of sp³-hybridized carbons (Fsp3) is 0.243. The van der Waals surface area contributed by atoms with Crippen LogP contribution in [0.4, 0.5) is 32.0 Å². The first-order chi connectivity index (χ1) is 24.0. The third-order valence-electron chi connectivity index (χ3n) is 8.89. The number of hydrogen-bond donors (Lipinski definition) is 0. The van der Waals surface area contributed by atoms with Gasteiger partial charge in [0.25, 0.3) is 23.6 Å². The molecular weight excluding hydrogens is 920 g/mol. The molecule has 0 atom stereocenters. The van der Waals surface area contributed by atoms with E-state index in [1.807, 2.05) is 26.0 Å². The molecule has 4 aromatic carbocycles. The van der Waals surface area contributed by atoms with Crippen LogP contribution in [0.25, 0.3) is 0 Å². The number of halogens is 8. The zero-order valence-electron chi connectivity index (χ0n) is 27.5. The van der Waals surface area contributed by atoms with E-state index in [2.05, 4.69) is 22.6 Å². The second kappa shape index (κ2) is 12.6. The SMILES string of the molecule is CC(C)(I)c1ccc(Oc2ccc(N3C(=O)c4ccc(C(c5ccc6c(c5)C(=O)N(C(C)(C)I)C6=O)(C(F)(F)F)C(F)(F)F)cc4C3=O)cc2)cc1. The molecule has 4 amide bonds. The summed E-state index contributed by atoms with van der Waals surface area (Å²) in [6, 6.07) is 16.3. The van der Waals surface area contributed by atoms with Gasteiger partial charge in [0, 0.05) is 3.42 Å². The molecule has 0 saturated heterocycles. The molecule has 2 aliphatic heterocycles. The number of carbonyl (C=O) groups excluding carboxylic acids is 4. The second-order valence-electron chi connectivity index (χ2n) is 13.2. The van der Waals surface area contributed by atoms with Gasteiger partial charge in [-0.1, -0.05) is 69.4 Å². The lowest BCUT2D eigenvalue weighted by Crippen LogP contribution is -2.55. The predicted molar refractivity (Wildman–Crippen MR) is 196 cm³/mol. The Morgan fingerprint density at radius 3 is 1.35 bits per heavy atom. The van der Waals surface area contributed by atoms with Crippen LogP contribution in [0.3, 0.4) is 0 Å². The van der Waals surface area contributed by atoms with Crippen LogP contribution in [-0.2, 0) is 8.84 Å². The number of amides is 4. The zero-order chi connectivity index (χ0) is 38.3. The Balaban J connectivity index is 1.37. The fourth-order valence-electron chi connectivity index (χ4n) is 6.37. The second-order valence-corrected chi connectivity index (χ2v) is 18.5. The highest BCUT2D eigenvalue weighted by Gasteiger charge is 2.73. The molecule has 0 unspecified atom stereocenters. The molecule has 0 N–H and O–H groups in total. The van der Waals surface area contributed by atoms with E-state index in [1.165, 1.54) is 38.1 Å². The summed E-state index contributed by atoms with van der Waals surface area (Å²) in [6.07, 6.45) is -12.1. The first-order valence-corrected chi connectivity index (χ1v) is 17.6. The van der Waals surface area contributed by atoms with Gasteiger partial charge in [-0.2, -0.15) is 26.3 Å². The minimum atomic E-state index is -6.07. The molecule has 7 nitrogen and oxygen atoms in total. The Bertz CT molecular complexity index is 2140. The average molecular weight is 946 g/mol. The minimum Gasteiger partial charge on any atom is -0.457 e. The van der Waals surface area contributed by atoms with E-state index in [0.717, 1.165) is 22.6 Å². The number of hydrogen-bond acceptors (Lipinski definition) is 5. The molecule has 6 rings (SSSR count). The summed E-state index contributed by atoms with van der Waals surface area (Å²) in [5.74, 6) is -3.17. The summed E-state index contributed by atoms with van der Waals surface area (Å²) in [6.45, 7) is 7.05. The first kappa shape index (κ1) is 37.7. The molecule has 0 saturated carbocycles. The van der Waals surface area contributed by atoms with E-state index in [4.69, 9.17) is 4.74 Å². The van der Waals surface area contributed by atoms with E-state index >= 15 is 26.3 Å². The maximum Gasteiger partial charge on any atom is 0.411 e. The Kier molecular flexibility index (Phi) is 9.11. The molecule has 0 fully saturated rings. The number of rotatable bonds is 7. The maximum atomic E-state index is 15.1. The molecular formula is C37H26F6I2N2O5. The van der Waals surface area contributed by atoms with E-state index in [-0.39, 0.29) is 14.7 Å². The van der Waals surface area contributed by atoms with Gasteiger partial charge in [0.2, 0.25) is 5.41 Å². The van der Waals surface area contributed by atoms with Gasteiger partial charge in [0.05, 0.1) is 31.5 Å². The quantitative estimate of drug-likeness (QED) is 0.0606. The Hall–Kier alpha value is -4.00. The smallest absolute Gasteiger partial charge is 0.411 e. The number of nitrogens with zero attached hydrogens (tertiary/aromatic N) is 2. The van der Waals surface area contributed by atoms with Crippen molar-refractivity contribution in [3.63, 3.8) is 0 Å². The summed E-state index contributed by atoms with van der Waals surface area (Å²) >= 11 is 4.06. The molecule has 0 aromatic heterocycles. The van der Waals surface area contributed by atoms with Crippen LogP contribution in [0.1, 0.15) is 85.8 Å². The van der Waals surface area contributed by atoms with Crippen LogP contribution in [0, 0.1) is 0 Å². The van der Waals surface area contributed by atoms with Gasteiger partial charge in [-0.25, -0.2) is 4.90 Å². The van der Waals surface area contributed by atoms with Crippen molar-refractivity contribution in [2.45, 2.75) is 52.4 Å². The van der Waals surface area contributed by atoms with Gasteiger partial charge in [-0.05, 0) is 105 Å². The molecule has 4 aromatic rings. The lowest BCUT2D eigenvalue weighted by molar-refractivity contribution is -0.288. The predicted octanol–water partition coefficient (Wildman–Crippen LogP) is 10.1. The summed E-state index contributed by atoms with van der Waals surface area (Å²) in [4.78, 5) is 54.5. The van der Waals surface area contributed by atoms with Crippen LogP contribution in [-0.4, -0.2) is 44.4 Å². The summed E-state index contributed by atoms with van der Waals surface area (Å²) in [5, 5.41) is 0. The Labute approximate surface area is 320 Å². The summed E-state index contributed by atoms with van der Waals surface area (Å²) in [5.41, 5.74) is -8.54. The van der Waals surface area contributed by atoms with E-state index in [9.17, 15) is 19.2 Å². The monoisotopic (exact) mass is 946 g/mol. The van der Waals surface area contributed by atoms with Crippen LogP contribution >= 0.6 is 45.2 Å². The minimum absolute atomic E-state index is 0.00422. The average Bonchev–Trinajstić information content (AvgIpc) is 3.43. The van der Waals surface area contributed by atoms with Crippen molar-refractivity contribution in [3.8, 4) is 11.5 Å². The van der Waals surface area contributed by atoms with Crippen molar-refractivity contribution in [3.05, 3.63) is 124 Å². The third-order valence-corrected chi connectivity index (χ3v) is 10.00. The largest absolute Gasteiger partial charge is 0.457 e. The van der Waals surface area contributed by atoms with E-state index in [0.29, 0.717) is 40.7 Å². The zero-order valence-corrected chi connectivity index (χ0v) is 31.9. The van der Waals surface area contributed by atoms with Crippen molar-refractivity contribution < 1.29 is 50.3 Å². The highest BCUT2D eigenvalue weighted by Crippen LogP contribution is 2.57. The Morgan fingerprint density at radius 1 is 0.519 bits per heavy atom. The number of ether oxygens (including phenoxy) is 1. The number of alkyl halides is 8. The standard InChI is InChI=1S/C37H26F6I2N2O5/c1-33(2,44)19-5-11-23(12-6-19)52-24-13-9-22(10-14-24)46-29(48)25-15-7-20(17-27(25)30(46)49)35(36(38,39)40,37(41,42)43)21-8-16-26-28(18-21)32(51)47(31(26)50)34(3,4)45/h5-18H,1-4H3. The summed E-state index contributed by atoms with van der Waals surface area (Å²) < 4.78 is 95.3. The van der Waals surface area contributed by atoms with Crippen molar-refractivity contribution in [1.29, 1.82) is 0 Å². The van der Waals surface area contributed by atoms with Crippen LogP contribution in [0.5, 0.6) is 11.5 Å². The van der Waals surface area contributed by atoms with Gasteiger partial charge in [-0.3, -0.25) is 24.1 Å². The topological polar surface area (TPSA) is 84.0 Å². The van der Waals surface area contributed by atoms with Gasteiger partial charge in [-0.15, -0.1) is 0 Å². The van der Waals surface area contributed by atoms with Crippen LogP contribution < -0.4 is 9.64 Å². The van der Waals surface area contributed by atoms with Gasteiger partial charge >= 0.3 is 12.4 Å². The van der Waals surface area contributed by atoms with Crippen LogP contribution in [0.2, 0.25) is 0 Å². The molecule has 0 bridgehead atoms. The highest BCUT2D eigenvalue weighted by atomic mass is 127. The Morgan fingerprint density at radius 2 is 0.904 bits per heavy atom. The lowest BCUT2D eigenvalue weighted by Gasteiger charge is -2.38. The van der Waals surface area contributed by atoms with E-state index in [1.54, 1.807) is 34.7 Å². The highest BCUT2D eigenvalue weighted by molar-refractivity contribution is 14.1. The lowest BCUT2D eigenvalue weighted by atomic mass is 9.71. The molecule has 15 heteroatoms. The van der Waals surface area contributed by atoms with Crippen molar-refractivity contribution in [2.75, 3.05) is 4.90 Å². The number of fused-ring (bicyclic) bond motifs is 2. The molecule has 2 heterocycles. The van der Waals surface area contributed by atoms with Gasteiger partial charge < -0.3 is 4.74 Å². The summed E-state index contributed by atoms with van der Waals surface area (Å²) in [7, 11) is 0. The molecule has 0 aliphatic carbocycles. The molecule has 270 valence electrons. The molecule has 0 radical (unpaired) electrons.